The van der Waals surface area contributed by atoms with Crippen LogP contribution in [0.4, 0.5) is 13.2 Å². The minimum Gasteiger partial charge on any atom is -0.484 e. The fourth-order valence-electron chi connectivity index (χ4n) is 3.47. The number of nitrogens with one attached hydrogen (secondary N) is 1. The molecule has 2 aromatic carbocycles. The number of morpholine rings is 1. The molecule has 0 radical (unpaired) electrons. The lowest BCUT2D eigenvalue weighted by Crippen LogP contribution is -2.44. The summed E-state index contributed by atoms with van der Waals surface area (Å²) >= 11 is 0. The van der Waals surface area contributed by atoms with Crippen molar-refractivity contribution in [2.75, 3.05) is 39.5 Å². The number of rotatable bonds is 8. The van der Waals surface area contributed by atoms with Gasteiger partial charge in [-0.25, -0.2) is 0 Å². The van der Waals surface area contributed by atoms with Gasteiger partial charge in [0, 0.05) is 19.6 Å². The number of hydrogen-bond donors (Lipinski definition) is 1. The summed E-state index contributed by atoms with van der Waals surface area (Å²) in [5.74, 6) is 0.324. The first-order valence-electron chi connectivity index (χ1n) is 10.3. The van der Waals surface area contributed by atoms with E-state index in [9.17, 15) is 18.0 Å². The Kier molecular flexibility index (Phi) is 7.92. The molecule has 1 heterocycles. The number of amides is 1. The van der Waals surface area contributed by atoms with Gasteiger partial charge in [-0.1, -0.05) is 31.2 Å². The standard InChI is InChI=1S/C23H27F3N2O3/c1-2-17-3-9-20(10-4-17)31-16-22(29)27-15-21(28-11-13-30-14-12-28)18-5-7-19(8-6-18)23(24,25)26/h3-10,21H,2,11-16H2,1H3,(H,27,29). The summed E-state index contributed by atoms with van der Waals surface area (Å²) in [6.07, 6.45) is -3.46. The molecule has 1 amide bonds. The van der Waals surface area contributed by atoms with E-state index in [2.05, 4.69) is 17.1 Å². The molecule has 5 nitrogen and oxygen atoms in total. The van der Waals surface area contributed by atoms with E-state index < -0.39 is 11.7 Å². The van der Waals surface area contributed by atoms with Crippen LogP contribution in [0.2, 0.25) is 0 Å². The van der Waals surface area contributed by atoms with Gasteiger partial charge in [0.2, 0.25) is 0 Å². The predicted octanol–water partition coefficient (Wildman–Crippen LogP) is 3.84. The fraction of sp³-hybridized carbons (Fsp3) is 0.435. The van der Waals surface area contributed by atoms with E-state index in [-0.39, 0.29) is 25.1 Å². The molecule has 2 aromatic rings. The van der Waals surface area contributed by atoms with E-state index in [1.807, 2.05) is 24.3 Å². The molecule has 3 rings (SSSR count). The van der Waals surface area contributed by atoms with Crippen molar-refractivity contribution < 1.29 is 27.4 Å². The average Bonchev–Trinajstić information content (AvgIpc) is 2.78. The van der Waals surface area contributed by atoms with Gasteiger partial charge in [-0.2, -0.15) is 13.2 Å². The molecule has 31 heavy (non-hydrogen) atoms. The van der Waals surface area contributed by atoms with Gasteiger partial charge < -0.3 is 14.8 Å². The van der Waals surface area contributed by atoms with Gasteiger partial charge in [0.25, 0.3) is 5.91 Å². The molecule has 1 saturated heterocycles. The molecular weight excluding hydrogens is 409 g/mol. The quantitative estimate of drug-likeness (QED) is 0.683. The van der Waals surface area contributed by atoms with Gasteiger partial charge in [-0.3, -0.25) is 9.69 Å². The summed E-state index contributed by atoms with van der Waals surface area (Å²) in [5, 5.41) is 2.85. The number of nitrogens with zero attached hydrogens (tertiary/aromatic N) is 1. The van der Waals surface area contributed by atoms with Gasteiger partial charge in [-0.05, 0) is 41.8 Å². The number of aryl methyl sites for hydroxylation is 1. The number of alkyl halides is 3. The van der Waals surface area contributed by atoms with Crippen LogP contribution < -0.4 is 10.1 Å². The zero-order chi connectivity index (χ0) is 22.3. The zero-order valence-corrected chi connectivity index (χ0v) is 17.5. The first kappa shape index (κ1) is 23.1. The van der Waals surface area contributed by atoms with Gasteiger partial charge in [0.15, 0.2) is 6.61 Å². The minimum absolute atomic E-state index is 0.131. The maximum atomic E-state index is 12.9. The van der Waals surface area contributed by atoms with Crippen LogP contribution in [0.1, 0.15) is 29.7 Å². The second-order valence-electron chi connectivity index (χ2n) is 7.37. The summed E-state index contributed by atoms with van der Waals surface area (Å²) < 4.78 is 49.6. The van der Waals surface area contributed by atoms with Crippen molar-refractivity contribution in [3.05, 3.63) is 65.2 Å². The van der Waals surface area contributed by atoms with Crippen LogP contribution in [-0.2, 0) is 22.1 Å². The average molecular weight is 436 g/mol. The monoisotopic (exact) mass is 436 g/mol. The summed E-state index contributed by atoms with van der Waals surface area (Å²) in [4.78, 5) is 14.4. The molecule has 0 bridgehead atoms. The van der Waals surface area contributed by atoms with Crippen LogP contribution in [0, 0.1) is 0 Å². The van der Waals surface area contributed by atoms with Gasteiger partial charge in [0.1, 0.15) is 5.75 Å². The minimum atomic E-state index is -4.38. The number of carbonyl (C=O) groups is 1. The second-order valence-corrected chi connectivity index (χ2v) is 7.37. The molecule has 1 unspecified atom stereocenters. The van der Waals surface area contributed by atoms with Crippen molar-refractivity contribution in [1.29, 1.82) is 0 Å². The maximum Gasteiger partial charge on any atom is 0.416 e. The molecule has 0 spiro atoms. The highest BCUT2D eigenvalue weighted by Crippen LogP contribution is 2.31. The van der Waals surface area contributed by atoms with E-state index in [1.165, 1.54) is 17.7 Å². The Morgan fingerprint density at radius 2 is 1.74 bits per heavy atom. The Morgan fingerprint density at radius 3 is 2.32 bits per heavy atom. The Balaban J connectivity index is 1.60. The molecule has 1 aliphatic rings. The highest BCUT2D eigenvalue weighted by atomic mass is 19.4. The van der Waals surface area contributed by atoms with Crippen LogP contribution in [0.3, 0.4) is 0 Å². The number of hydrogen-bond acceptors (Lipinski definition) is 4. The number of ether oxygens (including phenoxy) is 2. The van der Waals surface area contributed by atoms with E-state index in [0.717, 1.165) is 18.6 Å². The fourth-order valence-corrected chi connectivity index (χ4v) is 3.47. The Labute approximate surface area is 180 Å². The van der Waals surface area contributed by atoms with E-state index in [4.69, 9.17) is 9.47 Å². The zero-order valence-electron chi connectivity index (χ0n) is 17.5. The highest BCUT2D eigenvalue weighted by molar-refractivity contribution is 5.77. The smallest absolute Gasteiger partial charge is 0.416 e. The van der Waals surface area contributed by atoms with E-state index >= 15 is 0 Å². The predicted molar refractivity (Wildman–Crippen MR) is 111 cm³/mol. The molecule has 1 fully saturated rings. The molecular formula is C23H27F3N2O3. The lowest BCUT2D eigenvalue weighted by molar-refractivity contribution is -0.137. The molecule has 0 aromatic heterocycles. The van der Waals surface area contributed by atoms with Crippen LogP contribution in [0.15, 0.2) is 48.5 Å². The molecule has 1 N–H and O–H groups in total. The molecule has 1 aliphatic heterocycles. The lowest BCUT2D eigenvalue weighted by Gasteiger charge is -2.35. The summed E-state index contributed by atoms with van der Waals surface area (Å²) in [6, 6.07) is 12.4. The second kappa shape index (κ2) is 10.6. The first-order valence-corrected chi connectivity index (χ1v) is 10.3. The van der Waals surface area contributed by atoms with Crippen molar-refractivity contribution in [3.63, 3.8) is 0 Å². The molecule has 168 valence electrons. The van der Waals surface area contributed by atoms with Crippen LogP contribution in [-0.4, -0.2) is 50.3 Å². The van der Waals surface area contributed by atoms with Crippen molar-refractivity contribution in [2.45, 2.75) is 25.6 Å². The SMILES string of the molecule is CCc1ccc(OCC(=O)NCC(c2ccc(C(F)(F)F)cc2)N2CCOCC2)cc1. The molecule has 8 heteroatoms. The summed E-state index contributed by atoms with van der Waals surface area (Å²) in [7, 11) is 0. The number of benzene rings is 2. The Hall–Kier alpha value is -2.58. The Morgan fingerprint density at radius 1 is 1.10 bits per heavy atom. The number of carbonyl (C=O) groups excluding carboxylic acids is 1. The summed E-state index contributed by atoms with van der Waals surface area (Å²) in [5.41, 5.74) is 1.21. The van der Waals surface area contributed by atoms with E-state index in [0.29, 0.717) is 37.6 Å². The molecule has 0 aliphatic carbocycles. The topological polar surface area (TPSA) is 50.8 Å². The largest absolute Gasteiger partial charge is 0.484 e. The highest BCUT2D eigenvalue weighted by Gasteiger charge is 2.31. The van der Waals surface area contributed by atoms with Crippen molar-refractivity contribution in [3.8, 4) is 5.75 Å². The van der Waals surface area contributed by atoms with E-state index in [1.54, 1.807) is 0 Å². The van der Waals surface area contributed by atoms with Crippen LogP contribution in [0.5, 0.6) is 5.75 Å². The normalized spacial score (nSPS) is 16.0. The third kappa shape index (κ3) is 6.70. The summed E-state index contributed by atoms with van der Waals surface area (Å²) in [6.45, 7) is 4.56. The third-order valence-corrected chi connectivity index (χ3v) is 5.30. The Bertz CT molecular complexity index is 833. The van der Waals surface area contributed by atoms with Crippen molar-refractivity contribution in [1.82, 2.24) is 10.2 Å². The maximum absolute atomic E-state index is 12.9. The van der Waals surface area contributed by atoms with Crippen molar-refractivity contribution in [2.24, 2.45) is 0 Å². The van der Waals surface area contributed by atoms with Gasteiger partial charge in [0.05, 0.1) is 24.8 Å². The van der Waals surface area contributed by atoms with Crippen molar-refractivity contribution >= 4 is 5.91 Å². The van der Waals surface area contributed by atoms with Crippen LogP contribution >= 0.6 is 0 Å². The van der Waals surface area contributed by atoms with Crippen LogP contribution in [0.25, 0.3) is 0 Å². The molecule has 0 saturated carbocycles. The first-order chi connectivity index (χ1) is 14.9. The third-order valence-electron chi connectivity index (χ3n) is 5.30. The van der Waals surface area contributed by atoms with Gasteiger partial charge in [-0.15, -0.1) is 0 Å². The lowest BCUT2D eigenvalue weighted by atomic mass is 10.0. The van der Waals surface area contributed by atoms with Gasteiger partial charge >= 0.3 is 6.18 Å². The number of halogens is 3. The molecule has 1 atom stereocenters.